The average molecular weight is 513 g/mol. The van der Waals surface area contributed by atoms with Crippen LogP contribution >= 0.6 is 0 Å². The molecule has 0 spiro atoms. The van der Waals surface area contributed by atoms with Crippen molar-refractivity contribution >= 4 is 16.6 Å². The maximum Gasteiger partial charge on any atom is 0.254 e. The normalized spacial score (nSPS) is 13.5. The van der Waals surface area contributed by atoms with Crippen molar-refractivity contribution in [2.45, 2.75) is 19.0 Å². The highest BCUT2D eigenvalue weighted by atomic mass is 19.1. The van der Waals surface area contributed by atoms with E-state index in [-0.39, 0.29) is 11.4 Å². The van der Waals surface area contributed by atoms with E-state index in [0.717, 1.165) is 23.1 Å². The number of para-hydroxylation sites is 1. The zero-order chi connectivity index (χ0) is 26.2. The first-order chi connectivity index (χ1) is 18.6. The predicted octanol–water partition coefficient (Wildman–Crippen LogP) is 3.87. The summed E-state index contributed by atoms with van der Waals surface area (Å²) in [4.78, 5) is 18.8. The Kier molecular flexibility index (Phi) is 5.99. The van der Waals surface area contributed by atoms with Gasteiger partial charge in [-0.1, -0.05) is 30.3 Å². The summed E-state index contributed by atoms with van der Waals surface area (Å²) in [6, 6.07) is 19.2. The van der Waals surface area contributed by atoms with Gasteiger partial charge in [-0.05, 0) is 58.3 Å². The SMILES string of the molecule is COc1cc2cc(C(c3nnnn3Cc3ccc(F)cc3)N3CCc4ccccc43)c(=O)[nH]c2cc1OC. The van der Waals surface area contributed by atoms with E-state index in [2.05, 4.69) is 31.5 Å². The van der Waals surface area contributed by atoms with Crippen LogP contribution in [0.25, 0.3) is 10.9 Å². The van der Waals surface area contributed by atoms with Gasteiger partial charge < -0.3 is 19.4 Å². The van der Waals surface area contributed by atoms with E-state index in [0.29, 0.717) is 41.5 Å². The number of pyridine rings is 1. The van der Waals surface area contributed by atoms with Crippen LogP contribution in [0.1, 0.15) is 28.6 Å². The molecule has 6 rings (SSSR count). The molecule has 0 saturated heterocycles. The Balaban J connectivity index is 1.52. The van der Waals surface area contributed by atoms with E-state index in [9.17, 15) is 9.18 Å². The molecule has 0 radical (unpaired) electrons. The molecule has 3 heterocycles. The van der Waals surface area contributed by atoms with Gasteiger partial charge in [-0.15, -0.1) is 5.10 Å². The predicted molar refractivity (Wildman–Crippen MR) is 140 cm³/mol. The number of anilines is 1. The van der Waals surface area contributed by atoms with Gasteiger partial charge >= 0.3 is 0 Å². The van der Waals surface area contributed by atoms with Crippen molar-refractivity contribution in [3.63, 3.8) is 0 Å². The highest BCUT2D eigenvalue weighted by Crippen LogP contribution is 2.38. The molecule has 0 fully saturated rings. The second-order valence-electron chi connectivity index (χ2n) is 9.14. The number of aromatic nitrogens is 5. The minimum Gasteiger partial charge on any atom is -0.493 e. The molecule has 10 heteroatoms. The molecule has 3 aromatic carbocycles. The number of methoxy groups -OCH3 is 2. The molecule has 5 aromatic rings. The van der Waals surface area contributed by atoms with Crippen LogP contribution in [0.15, 0.2) is 71.5 Å². The second-order valence-corrected chi connectivity index (χ2v) is 9.14. The number of nitrogens with zero attached hydrogens (tertiary/aromatic N) is 5. The number of fused-ring (bicyclic) bond motifs is 2. The van der Waals surface area contributed by atoms with Gasteiger partial charge in [-0.3, -0.25) is 4.79 Å². The number of ether oxygens (including phenoxy) is 2. The fourth-order valence-corrected chi connectivity index (χ4v) is 5.11. The minimum atomic E-state index is -0.574. The van der Waals surface area contributed by atoms with Gasteiger partial charge in [0.25, 0.3) is 5.56 Å². The topological polar surface area (TPSA) is 98.2 Å². The highest BCUT2D eigenvalue weighted by molar-refractivity contribution is 5.83. The van der Waals surface area contributed by atoms with Gasteiger partial charge in [-0.25, -0.2) is 9.07 Å². The standard InChI is InChI=1S/C28H25FN6O3/c1-37-24-14-19-13-21(28(36)30-22(19)15-25(24)38-2)26(34-12-11-18-5-3-4-6-23(18)34)27-31-32-33-35(27)16-17-7-9-20(29)10-8-17/h3-10,13-15,26H,11-12,16H2,1-2H3,(H,30,36). The number of nitrogens with one attached hydrogen (secondary N) is 1. The monoisotopic (exact) mass is 512 g/mol. The van der Waals surface area contributed by atoms with E-state index < -0.39 is 6.04 Å². The van der Waals surface area contributed by atoms with Gasteiger partial charge in [0.2, 0.25) is 0 Å². The number of tetrazole rings is 1. The van der Waals surface area contributed by atoms with Crippen molar-refractivity contribution in [1.29, 1.82) is 0 Å². The van der Waals surface area contributed by atoms with Crippen molar-refractivity contribution < 1.29 is 13.9 Å². The summed E-state index contributed by atoms with van der Waals surface area (Å²) in [6.07, 6.45) is 0.836. The molecule has 0 saturated carbocycles. The second kappa shape index (κ2) is 9.62. The molecule has 2 aromatic heterocycles. The van der Waals surface area contributed by atoms with Crippen LogP contribution in [-0.2, 0) is 13.0 Å². The Hall–Kier alpha value is -4.73. The van der Waals surface area contributed by atoms with E-state index in [1.54, 1.807) is 37.1 Å². The molecule has 0 aliphatic carbocycles. The Morgan fingerprint density at radius 2 is 1.79 bits per heavy atom. The Morgan fingerprint density at radius 1 is 1.03 bits per heavy atom. The summed E-state index contributed by atoms with van der Waals surface area (Å²) in [5, 5.41) is 13.4. The molecule has 9 nitrogen and oxygen atoms in total. The number of rotatable bonds is 7. The lowest BCUT2D eigenvalue weighted by molar-refractivity contribution is 0.356. The molecular weight excluding hydrogens is 487 g/mol. The maximum atomic E-state index is 13.6. The van der Waals surface area contributed by atoms with Crippen molar-refractivity contribution in [3.05, 3.63) is 105 Å². The van der Waals surface area contributed by atoms with E-state index in [4.69, 9.17) is 9.47 Å². The number of H-pyrrole nitrogens is 1. The first-order valence-corrected chi connectivity index (χ1v) is 12.2. The molecular formula is C28H25FN6O3. The molecule has 192 valence electrons. The fraction of sp³-hybridized carbons (Fsp3) is 0.214. The number of benzene rings is 3. The van der Waals surface area contributed by atoms with Crippen molar-refractivity contribution in [3.8, 4) is 11.5 Å². The minimum absolute atomic E-state index is 0.254. The van der Waals surface area contributed by atoms with Crippen LogP contribution in [-0.4, -0.2) is 46.0 Å². The van der Waals surface area contributed by atoms with Gasteiger partial charge in [0, 0.05) is 29.2 Å². The fourth-order valence-electron chi connectivity index (χ4n) is 5.11. The smallest absolute Gasteiger partial charge is 0.254 e. The van der Waals surface area contributed by atoms with Crippen LogP contribution in [0.5, 0.6) is 11.5 Å². The van der Waals surface area contributed by atoms with Crippen molar-refractivity contribution in [1.82, 2.24) is 25.2 Å². The highest BCUT2D eigenvalue weighted by Gasteiger charge is 2.34. The lowest BCUT2D eigenvalue weighted by Gasteiger charge is -2.29. The molecule has 1 N–H and O–H groups in total. The number of hydrogen-bond acceptors (Lipinski definition) is 7. The Labute approximate surface area is 217 Å². The van der Waals surface area contributed by atoms with Crippen molar-refractivity contribution in [2.24, 2.45) is 0 Å². The van der Waals surface area contributed by atoms with Crippen molar-refractivity contribution in [2.75, 3.05) is 25.7 Å². The van der Waals surface area contributed by atoms with E-state index in [1.165, 1.54) is 17.7 Å². The van der Waals surface area contributed by atoms with Crippen LogP contribution in [0, 0.1) is 5.82 Å². The van der Waals surface area contributed by atoms with Crippen LogP contribution in [0.3, 0.4) is 0 Å². The Bertz CT molecular complexity index is 1680. The lowest BCUT2D eigenvalue weighted by atomic mass is 10.0. The summed E-state index contributed by atoms with van der Waals surface area (Å²) in [5.74, 6) is 1.28. The largest absolute Gasteiger partial charge is 0.493 e. The number of hydrogen-bond donors (Lipinski definition) is 1. The zero-order valence-electron chi connectivity index (χ0n) is 20.9. The average Bonchev–Trinajstić information content (AvgIpc) is 3.57. The summed E-state index contributed by atoms with van der Waals surface area (Å²) < 4.78 is 26.1. The van der Waals surface area contributed by atoms with Gasteiger partial charge in [0.1, 0.15) is 11.9 Å². The van der Waals surface area contributed by atoms with Gasteiger partial charge in [0.05, 0.1) is 26.3 Å². The quantitative estimate of drug-likeness (QED) is 0.354. The summed E-state index contributed by atoms with van der Waals surface area (Å²) in [6.45, 7) is 1.02. The third-order valence-corrected chi connectivity index (χ3v) is 6.96. The zero-order valence-corrected chi connectivity index (χ0v) is 20.9. The maximum absolute atomic E-state index is 13.6. The van der Waals surface area contributed by atoms with Gasteiger partial charge in [-0.2, -0.15) is 0 Å². The third-order valence-electron chi connectivity index (χ3n) is 6.96. The molecule has 38 heavy (non-hydrogen) atoms. The first-order valence-electron chi connectivity index (χ1n) is 12.2. The number of halogens is 1. The lowest BCUT2D eigenvalue weighted by Crippen LogP contribution is -2.34. The van der Waals surface area contributed by atoms with E-state index >= 15 is 0 Å². The summed E-state index contributed by atoms with van der Waals surface area (Å²) >= 11 is 0. The molecule has 1 unspecified atom stereocenters. The Morgan fingerprint density at radius 3 is 2.58 bits per heavy atom. The molecule has 0 bridgehead atoms. The molecule has 1 aliphatic rings. The summed E-state index contributed by atoms with van der Waals surface area (Å²) in [7, 11) is 3.13. The van der Waals surface area contributed by atoms with Crippen LogP contribution in [0.4, 0.5) is 10.1 Å². The first kappa shape index (κ1) is 23.7. The molecule has 1 aliphatic heterocycles. The molecule has 1 atom stereocenters. The van der Waals surface area contributed by atoms with Gasteiger partial charge in [0.15, 0.2) is 17.3 Å². The third kappa shape index (κ3) is 4.13. The summed E-state index contributed by atoms with van der Waals surface area (Å²) in [5.41, 5.74) is 3.93. The number of aromatic amines is 1. The van der Waals surface area contributed by atoms with Crippen LogP contribution < -0.4 is 19.9 Å². The van der Waals surface area contributed by atoms with Crippen LogP contribution in [0.2, 0.25) is 0 Å². The van der Waals surface area contributed by atoms with E-state index in [1.807, 2.05) is 30.3 Å². The molecule has 0 amide bonds.